The van der Waals surface area contributed by atoms with Crippen LogP contribution in [0.5, 0.6) is 0 Å². The Bertz CT molecular complexity index is 311. The van der Waals surface area contributed by atoms with Crippen molar-refractivity contribution in [2.45, 2.75) is 46.1 Å². The minimum Gasteiger partial charge on any atom is -0.327 e. The second kappa shape index (κ2) is 5.70. The molecule has 16 heavy (non-hydrogen) atoms. The molecule has 1 nitrogen and oxygen atoms in total. The average molecular weight is 240 g/mol. The van der Waals surface area contributed by atoms with Crippen LogP contribution in [-0.4, -0.2) is 6.04 Å². The van der Waals surface area contributed by atoms with E-state index < -0.39 is 0 Å². The maximum absolute atomic E-state index is 6.12. The van der Waals surface area contributed by atoms with E-state index in [-0.39, 0.29) is 6.04 Å². The van der Waals surface area contributed by atoms with Crippen molar-refractivity contribution in [1.82, 2.24) is 0 Å². The van der Waals surface area contributed by atoms with Gasteiger partial charge in [0, 0.05) is 11.1 Å². The zero-order valence-corrected chi connectivity index (χ0v) is 11.2. The van der Waals surface area contributed by atoms with Crippen LogP contribution in [-0.2, 0) is 6.42 Å². The van der Waals surface area contributed by atoms with Gasteiger partial charge in [0.1, 0.15) is 0 Å². The quantitative estimate of drug-likeness (QED) is 0.844. The van der Waals surface area contributed by atoms with Gasteiger partial charge in [0.25, 0.3) is 0 Å². The Kier molecular flexibility index (Phi) is 4.82. The lowest BCUT2D eigenvalue weighted by Crippen LogP contribution is -2.24. The van der Waals surface area contributed by atoms with Gasteiger partial charge in [0.05, 0.1) is 0 Å². The summed E-state index contributed by atoms with van der Waals surface area (Å²) < 4.78 is 0. The summed E-state index contributed by atoms with van der Waals surface area (Å²) in [6.45, 7) is 6.76. The van der Waals surface area contributed by atoms with Crippen LogP contribution in [0.4, 0.5) is 0 Å². The molecule has 0 aliphatic heterocycles. The van der Waals surface area contributed by atoms with E-state index in [9.17, 15) is 0 Å². The van der Waals surface area contributed by atoms with E-state index in [2.05, 4.69) is 32.9 Å². The average Bonchev–Trinajstić information content (AvgIpc) is 2.18. The molecule has 0 aliphatic carbocycles. The fourth-order valence-electron chi connectivity index (χ4n) is 1.64. The molecule has 1 unspecified atom stereocenters. The molecule has 0 saturated heterocycles. The van der Waals surface area contributed by atoms with E-state index in [1.807, 2.05) is 12.1 Å². The van der Waals surface area contributed by atoms with Gasteiger partial charge in [-0.25, -0.2) is 0 Å². The molecule has 0 aliphatic rings. The van der Waals surface area contributed by atoms with Crippen molar-refractivity contribution in [3.8, 4) is 0 Å². The Morgan fingerprint density at radius 1 is 1.19 bits per heavy atom. The summed E-state index contributed by atoms with van der Waals surface area (Å²) in [7, 11) is 0. The van der Waals surface area contributed by atoms with Gasteiger partial charge >= 0.3 is 0 Å². The van der Waals surface area contributed by atoms with Crippen LogP contribution in [0.2, 0.25) is 5.02 Å². The summed E-state index contributed by atoms with van der Waals surface area (Å²) in [6.07, 6.45) is 3.18. The molecule has 2 N–H and O–H groups in total. The number of rotatable bonds is 4. The first-order chi connectivity index (χ1) is 7.37. The summed E-state index contributed by atoms with van der Waals surface area (Å²) in [5.41, 5.74) is 7.76. The molecule has 0 heterocycles. The zero-order valence-electron chi connectivity index (χ0n) is 10.5. The summed E-state index contributed by atoms with van der Waals surface area (Å²) in [6, 6.07) is 8.21. The van der Waals surface area contributed by atoms with Gasteiger partial charge in [0.15, 0.2) is 0 Å². The van der Waals surface area contributed by atoms with E-state index in [1.54, 1.807) is 0 Å². The van der Waals surface area contributed by atoms with Crippen LogP contribution in [0.1, 0.15) is 39.2 Å². The number of benzene rings is 1. The van der Waals surface area contributed by atoms with Gasteiger partial charge in [0.2, 0.25) is 0 Å². The number of nitrogens with two attached hydrogens (primary N) is 1. The lowest BCUT2D eigenvalue weighted by Gasteiger charge is -2.20. The van der Waals surface area contributed by atoms with Crippen LogP contribution in [0.3, 0.4) is 0 Å². The monoisotopic (exact) mass is 239 g/mol. The first-order valence-corrected chi connectivity index (χ1v) is 6.25. The summed E-state index contributed by atoms with van der Waals surface area (Å²) in [5.74, 6) is 0. The predicted molar refractivity (Wildman–Crippen MR) is 71.8 cm³/mol. The minimum absolute atomic E-state index is 0.250. The summed E-state index contributed by atoms with van der Waals surface area (Å²) in [5, 5.41) is 0.784. The van der Waals surface area contributed by atoms with E-state index in [1.165, 1.54) is 12.0 Å². The highest BCUT2D eigenvalue weighted by molar-refractivity contribution is 6.30. The summed E-state index contributed by atoms with van der Waals surface area (Å²) in [4.78, 5) is 0. The molecule has 1 aromatic carbocycles. The zero-order chi connectivity index (χ0) is 12.2. The van der Waals surface area contributed by atoms with Crippen molar-refractivity contribution in [3.05, 3.63) is 34.9 Å². The molecule has 1 atom stereocenters. The Labute approximate surface area is 104 Å². The molecule has 1 rings (SSSR count). The van der Waals surface area contributed by atoms with E-state index >= 15 is 0 Å². The number of halogens is 1. The van der Waals surface area contributed by atoms with Gasteiger partial charge in [-0.15, -0.1) is 0 Å². The van der Waals surface area contributed by atoms with E-state index in [0.717, 1.165) is 17.9 Å². The lowest BCUT2D eigenvalue weighted by atomic mass is 9.87. The van der Waals surface area contributed by atoms with Crippen molar-refractivity contribution in [1.29, 1.82) is 0 Å². The smallest absolute Gasteiger partial charge is 0.0406 e. The second-order valence-corrected chi connectivity index (χ2v) is 6.13. The topological polar surface area (TPSA) is 26.0 Å². The molecule has 0 aromatic heterocycles. The standard InChI is InChI=1S/C14H22ClN/c1-14(2,3)9-8-13(16)10-11-4-6-12(15)7-5-11/h4-7,13H,8-10,16H2,1-3H3. The normalized spacial score (nSPS) is 13.8. The van der Waals surface area contributed by atoms with Gasteiger partial charge in [-0.1, -0.05) is 44.5 Å². The molecular weight excluding hydrogens is 218 g/mol. The van der Waals surface area contributed by atoms with Crippen molar-refractivity contribution < 1.29 is 0 Å². The molecule has 90 valence electrons. The Morgan fingerprint density at radius 3 is 2.25 bits per heavy atom. The number of hydrogen-bond acceptors (Lipinski definition) is 1. The highest BCUT2D eigenvalue weighted by atomic mass is 35.5. The molecule has 0 amide bonds. The lowest BCUT2D eigenvalue weighted by molar-refractivity contribution is 0.347. The Balaban J connectivity index is 2.39. The van der Waals surface area contributed by atoms with Crippen LogP contribution in [0.15, 0.2) is 24.3 Å². The first kappa shape index (κ1) is 13.5. The molecule has 0 fully saturated rings. The van der Waals surface area contributed by atoms with Gasteiger partial charge < -0.3 is 5.73 Å². The molecule has 0 spiro atoms. The molecular formula is C14H22ClN. The first-order valence-electron chi connectivity index (χ1n) is 5.87. The van der Waals surface area contributed by atoms with Crippen LogP contribution in [0, 0.1) is 5.41 Å². The van der Waals surface area contributed by atoms with Gasteiger partial charge in [-0.3, -0.25) is 0 Å². The van der Waals surface area contributed by atoms with E-state index in [4.69, 9.17) is 17.3 Å². The van der Waals surface area contributed by atoms with Crippen molar-refractivity contribution in [2.75, 3.05) is 0 Å². The number of hydrogen-bond donors (Lipinski definition) is 1. The predicted octanol–water partition coefficient (Wildman–Crippen LogP) is 4.04. The van der Waals surface area contributed by atoms with Crippen molar-refractivity contribution in [3.63, 3.8) is 0 Å². The molecule has 1 aromatic rings. The maximum Gasteiger partial charge on any atom is 0.0406 e. The van der Waals surface area contributed by atoms with Crippen LogP contribution < -0.4 is 5.73 Å². The van der Waals surface area contributed by atoms with E-state index in [0.29, 0.717) is 5.41 Å². The third-order valence-electron chi connectivity index (χ3n) is 2.68. The highest BCUT2D eigenvalue weighted by Gasteiger charge is 2.13. The highest BCUT2D eigenvalue weighted by Crippen LogP contribution is 2.22. The largest absolute Gasteiger partial charge is 0.327 e. The van der Waals surface area contributed by atoms with Crippen LogP contribution in [0.25, 0.3) is 0 Å². The SMILES string of the molecule is CC(C)(C)CCC(N)Cc1ccc(Cl)cc1. The molecule has 0 bridgehead atoms. The Morgan fingerprint density at radius 2 is 1.75 bits per heavy atom. The van der Waals surface area contributed by atoms with Crippen molar-refractivity contribution in [2.24, 2.45) is 11.1 Å². The third-order valence-corrected chi connectivity index (χ3v) is 2.93. The fraction of sp³-hybridized carbons (Fsp3) is 0.571. The molecule has 0 radical (unpaired) electrons. The second-order valence-electron chi connectivity index (χ2n) is 5.69. The van der Waals surface area contributed by atoms with Gasteiger partial charge in [-0.05, 0) is 42.4 Å². The summed E-state index contributed by atoms with van der Waals surface area (Å²) >= 11 is 5.84. The van der Waals surface area contributed by atoms with Crippen molar-refractivity contribution >= 4 is 11.6 Å². The third kappa shape index (κ3) is 5.53. The fourth-order valence-corrected chi connectivity index (χ4v) is 1.77. The van der Waals surface area contributed by atoms with Gasteiger partial charge in [-0.2, -0.15) is 0 Å². The maximum atomic E-state index is 6.12. The molecule has 2 heteroatoms. The minimum atomic E-state index is 0.250. The van der Waals surface area contributed by atoms with Crippen LogP contribution >= 0.6 is 11.6 Å². The Hall–Kier alpha value is -0.530. The molecule has 0 saturated carbocycles.